The fourth-order valence-corrected chi connectivity index (χ4v) is 2.37. The van der Waals surface area contributed by atoms with Gasteiger partial charge in [0, 0.05) is 18.3 Å². The van der Waals surface area contributed by atoms with Crippen LogP contribution in [0.15, 0.2) is 24.3 Å². The second-order valence-corrected chi connectivity index (χ2v) is 5.59. The van der Waals surface area contributed by atoms with E-state index >= 15 is 0 Å². The molecule has 0 amide bonds. The lowest BCUT2D eigenvalue weighted by atomic mass is 10.1. The highest BCUT2D eigenvalue weighted by Crippen LogP contribution is 2.37. The van der Waals surface area contributed by atoms with Gasteiger partial charge in [0.1, 0.15) is 0 Å². The molecule has 1 N–H and O–H groups in total. The van der Waals surface area contributed by atoms with Crippen LogP contribution in [0.1, 0.15) is 44.3 Å². The SMILES string of the molecule is C[C@H](O)c1ccc(N(CC2CC2)C2CC2)cc1. The summed E-state index contributed by atoms with van der Waals surface area (Å²) in [6.07, 6.45) is 5.17. The van der Waals surface area contributed by atoms with Crippen LogP contribution < -0.4 is 4.90 Å². The van der Waals surface area contributed by atoms with Crippen molar-refractivity contribution < 1.29 is 5.11 Å². The second kappa shape index (κ2) is 4.34. The largest absolute Gasteiger partial charge is 0.389 e. The fourth-order valence-electron chi connectivity index (χ4n) is 2.37. The van der Waals surface area contributed by atoms with Crippen molar-refractivity contribution in [3.8, 4) is 0 Å². The molecule has 2 fully saturated rings. The zero-order valence-corrected chi connectivity index (χ0v) is 10.5. The van der Waals surface area contributed by atoms with Crippen LogP contribution in [0.3, 0.4) is 0 Å². The lowest BCUT2D eigenvalue weighted by molar-refractivity contribution is 0.199. The number of benzene rings is 1. The first-order valence-electron chi connectivity index (χ1n) is 6.78. The molecule has 0 bridgehead atoms. The first kappa shape index (κ1) is 11.1. The van der Waals surface area contributed by atoms with Gasteiger partial charge in [-0.25, -0.2) is 0 Å². The van der Waals surface area contributed by atoms with Crippen molar-refractivity contribution in [2.24, 2.45) is 5.92 Å². The van der Waals surface area contributed by atoms with Crippen LogP contribution in [0.25, 0.3) is 0 Å². The number of anilines is 1. The van der Waals surface area contributed by atoms with E-state index in [0.717, 1.165) is 17.5 Å². The van der Waals surface area contributed by atoms with Crippen LogP contribution in [0.4, 0.5) is 5.69 Å². The first-order valence-corrected chi connectivity index (χ1v) is 6.78. The van der Waals surface area contributed by atoms with Gasteiger partial charge in [-0.3, -0.25) is 0 Å². The van der Waals surface area contributed by atoms with E-state index in [2.05, 4.69) is 29.2 Å². The Morgan fingerprint density at radius 3 is 2.29 bits per heavy atom. The number of hydrogen-bond donors (Lipinski definition) is 1. The standard InChI is InChI=1S/C15H21NO/c1-11(17)13-4-6-14(7-5-13)16(15-8-9-15)10-12-2-3-12/h4-7,11-12,15,17H,2-3,8-10H2,1H3/t11-/m0/s1. The molecular weight excluding hydrogens is 210 g/mol. The van der Waals surface area contributed by atoms with Crippen LogP contribution in [0.5, 0.6) is 0 Å². The van der Waals surface area contributed by atoms with Crippen molar-refractivity contribution in [1.29, 1.82) is 0 Å². The molecule has 2 nitrogen and oxygen atoms in total. The molecule has 1 aromatic carbocycles. The van der Waals surface area contributed by atoms with Crippen molar-refractivity contribution in [3.05, 3.63) is 29.8 Å². The van der Waals surface area contributed by atoms with E-state index < -0.39 is 0 Å². The smallest absolute Gasteiger partial charge is 0.0761 e. The van der Waals surface area contributed by atoms with Gasteiger partial charge in [0.05, 0.1) is 6.10 Å². The predicted octanol–water partition coefficient (Wildman–Crippen LogP) is 3.12. The van der Waals surface area contributed by atoms with Crippen LogP contribution in [-0.4, -0.2) is 17.7 Å². The third-order valence-electron chi connectivity index (χ3n) is 3.85. The molecule has 0 unspecified atom stereocenters. The monoisotopic (exact) mass is 231 g/mol. The van der Waals surface area contributed by atoms with Crippen LogP contribution >= 0.6 is 0 Å². The molecule has 17 heavy (non-hydrogen) atoms. The van der Waals surface area contributed by atoms with Gasteiger partial charge in [-0.05, 0) is 56.2 Å². The number of nitrogens with zero attached hydrogens (tertiary/aromatic N) is 1. The summed E-state index contributed by atoms with van der Waals surface area (Å²) in [6, 6.07) is 9.24. The number of aliphatic hydroxyl groups excluding tert-OH is 1. The van der Waals surface area contributed by atoms with Gasteiger partial charge in [0.15, 0.2) is 0 Å². The van der Waals surface area contributed by atoms with E-state index in [1.807, 2.05) is 6.92 Å². The van der Waals surface area contributed by atoms with Crippen molar-refractivity contribution in [2.45, 2.75) is 44.8 Å². The van der Waals surface area contributed by atoms with Crippen molar-refractivity contribution in [2.75, 3.05) is 11.4 Å². The highest BCUT2D eigenvalue weighted by atomic mass is 16.3. The summed E-state index contributed by atoms with van der Waals surface area (Å²) in [6.45, 7) is 3.05. The Hall–Kier alpha value is -1.02. The number of aliphatic hydroxyl groups is 1. The van der Waals surface area contributed by atoms with Gasteiger partial charge in [-0.1, -0.05) is 12.1 Å². The third-order valence-corrected chi connectivity index (χ3v) is 3.85. The Kier molecular flexibility index (Phi) is 2.83. The van der Waals surface area contributed by atoms with Crippen LogP contribution in [0, 0.1) is 5.92 Å². The van der Waals surface area contributed by atoms with E-state index in [0.29, 0.717) is 0 Å². The fraction of sp³-hybridized carbons (Fsp3) is 0.600. The van der Waals surface area contributed by atoms with Gasteiger partial charge in [-0.15, -0.1) is 0 Å². The van der Waals surface area contributed by atoms with E-state index in [1.165, 1.54) is 37.9 Å². The molecule has 0 spiro atoms. The van der Waals surface area contributed by atoms with Gasteiger partial charge in [-0.2, -0.15) is 0 Å². The molecular formula is C15H21NO. The second-order valence-electron chi connectivity index (χ2n) is 5.59. The molecule has 0 heterocycles. The Morgan fingerprint density at radius 2 is 1.82 bits per heavy atom. The predicted molar refractivity (Wildman–Crippen MR) is 70.2 cm³/mol. The Labute approximate surface area is 103 Å². The average molecular weight is 231 g/mol. The molecule has 0 aliphatic heterocycles. The summed E-state index contributed by atoms with van der Waals surface area (Å²) in [7, 11) is 0. The summed E-state index contributed by atoms with van der Waals surface area (Å²) in [5.41, 5.74) is 2.35. The number of rotatable bonds is 5. The maximum atomic E-state index is 9.52. The molecule has 1 aromatic rings. The Balaban J connectivity index is 1.75. The molecule has 2 aliphatic carbocycles. The molecule has 1 atom stereocenters. The van der Waals surface area contributed by atoms with E-state index in [-0.39, 0.29) is 6.10 Å². The van der Waals surface area contributed by atoms with Crippen molar-refractivity contribution in [1.82, 2.24) is 0 Å². The lowest BCUT2D eigenvalue weighted by Crippen LogP contribution is -2.27. The van der Waals surface area contributed by atoms with Gasteiger partial charge >= 0.3 is 0 Å². The Morgan fingerprint density at radius 1 is 1.18 bits per heavy atom. The minimum Gasteiger partial charge on any atom is -0.389 e. The molecule has 92 valence electrons. The minimum atomic E-state index is -0.359. The Bertz CT molecular complexity index is 376. The molecule has 0 radical (unpaired) electrons. The maximum absolute atomic E-state index is 9.52. The van der Waals surface area contributed by atoms with E-state index in [1.54, 1.807) is 0 Å². The van der Waals surface area contributed by atoms with Crippen LogP contribution in [-0.2, 0) is 0 Å². The summed E-state index contributed by atoms with van der Waals surface area (Å²) in [5, 5.41) is 9.52. The van der Waals surface area contributed by atoms with E-state index in [4.69, 9.17) is 0 Å². The molecule has 2 saturated carbocycles. The zero-order valence-electron chi connectivity index (χ0n) is 10.5. The third kappa shape index (κ3) is 2.63. The van der Waals surface area contributed by atoms with Gasteiger partial charge in [0.25, 0.3) is 0 Å². The number of hydrogen-bond acceptors (Lipinski definition) is 2. The molecule has 0 saturated heterocycles. The van der Waals surface area contributed by atoms with Crippen molar-refractivity contribution in [3.63, 3.8) is 0 Å². The van der Waals surface area contributed by atoms with Crippen LogP contribution in [0.2, 0.25) is 0 Å². The summed E-state index contributed by atoms with van der Waals surface area (Å²) < 4.78 is 0. The zero-order chi connectivity index (χ0) is 11.8. The van der Waals surface area contributed by atoms with Gasteiger partial charge in [0.2, 0.25) is 0 Å². The van der Waals surface area contributed by atoms with Crippen molar-refractivity contribution >= 4 is 5.69 Å². The minimum absolute atomic E-state index is 0.359. The topological polar surface area (TPSA) is 23.5 Å². The molecule has 2 heteroatoms. The summed E-state index contributed by atoms with van der Waals surface area (Å²) in [5.74, 6) is 0.937. The normalized spacial score (nSPS) is 21.3. The van der Waals surface area contributed by atoms with E-state index in [9.17, 15) is 5.11 Å². The van der Waals surface area contributed by atoms with Gasteiger partial charge < -0.3 is 10.0 Å². The molecule has 2 aliphatic rings. The maximum Gasteiger partial charge on any atom is 0.0761 e. The lowest BCUT2D eigenvalue weighted by Gasteiger charge is -2.25. The highest BCUT2D eigenvalue weighted by Gasteiger charge is 2.33. The molecule has 0 aromatic heterocycles. The highest BCUT2D eigenvalue weighted by molar-refractivity contribution is 5.50. The first-order chi connectivity index (χ1) is 8.24. The quantitative estimate of drug-likeness (QED) is 0.841. The molecule has 3 rings (SSSR count). The summed E-state index contributed by atoms with van der Waals surface area (Å²) >= 11 is 0. The summed E-state index contributed by atoms with van der Waals surface area (Å²) in [4.78, 5) is 2.57. The average Bonchev–Trinajstić information content (AvgIpc) is 3.18.